The predicted octanol–water partition coefficient (Wildman–Crippen LogP) is 2.54. The summed E-state index contributed by atoms with van der Waals surface area (Å²) in [7, 11) is 0. The molecule has 0 saturated heterocycles. The van der Waals surface area contributed by atoms with Gasteiger partial charge in [-0.25, -0.2) is 9.37 Å². The first-order chi connectivity index (χ1) is 11.0. The van der Waals surface area contributed by atoms with Crippen molar-refractivity contribution in [2.24, 2.45) is 0 Å². The van der Waals surface area contributed by atoms with Gasteiger partial charge in [0.15, 0.2) is 0 Å². The minimum Gasteiger partial charge on any atom is -0.345 e. The number of amides is 1. The van der Waals surface area contributed by atoms with Gasteiger partial charge in [-0.15, -0.1) is 0 Å². The minimum atomic E-state index is -0.606. The first-order valence-corrected chi connectivity index (χ1v) is 6.70. The molecule has 2 N–H and O–H groups in total. The molecular weight excluding hydrogens is 303 g/mol. The van der Waals surface area contributed by atoms with Gasteiger partial charge in [0.1, 0.15) is 11.6 Å². The molecule has 3 aromatic rings. The molecule has 1 amide bonds. The van der Waals surface area contributed by atoms with E-state index in [0.717, 1.165) is 0 Å². The van der Waals surface area contributed by atoms with E-state index in [1.54, 1.807) is 6.07 Å². The van der Waals surface area contributed by atoms with Crippen LogP contribution in [0.15, 0.2) is 42.5 Å². The molecule has 116 valence electrons. The van der Waals surface area contributed by atoms with E-state index in [2.05, 4.69) is 15.3 Å². The highest BCUT2D eigenvalue weighted by Crippen LogP contribution is 2.18. The average Bonchev–Trinajstić information content (AvgIpc) is 2.95. The number of nitro groups is 1. The van der Waals surface area contributed by atoms with Crippen LogP contribution in [-0.2, 0) is 6.54 Å². The molecule has 2 aromatic carbocycles. The highest BCUT2D eigenvalue weighted by atomic mass is 19.1. The zero-order valence-corrected chi connectivity index (χ0v) is 11.7. The summed E-state index contributed by atoms with van der Waals surface area (Å²) >= 11 is 0. The molecule has 0 aliphatic rings. The van der Waals surface area contributed by atoms with E-state index in [1.165, 1.54) is 36.4 Å². The van der Waals surface area contributed by atoms with Crippen LogP contribution in [0.3, 0.4) is 0 Å². The summed E-state index contributed by atoms with van der Waals surface area (Å²) < 4.78 is 13.5. The standard InChI is InChI=1S/C15H11FN4O3/c16-11-4-2-1-3-10(11)15(21)17-8-14-18-12-6-5-9(20(22)23)7-13(12)19-14/h1-7H,8H2,(H,17,21)(H,18,19). The quantitative estimate of drug-likeness (QED) is 0.570. The van der Waals surface area contributed by atoms with Gasteiger partial charge < -0.3 is 10.3 Å². The van der Waals surface area contributed by atoms with E-state index in [9.17, 15) is 19.3 Å². The van der Waals surface area contributed by atoms with E-state index < -0.39 is 16.6 Å². The number of benzene rings is 2. The lowest BCUT2D eigenvalue weighted by atomic mass is 10.2. The Hall–Kier alpha value is -3.29. The molecule has 0 radical (unpaired) electrons. The van der Waals surface area contributed by atoms with Gasteiger partial charge in [0.05, 0.1) is 28.1 Å². The van der Waals surface area contributed by atoms with Gasteiger partial charge in [0, 0.05) is 12.1 Å². The molecule has 3 rings (SSSR count). The first kappa shape index (κ1) is 14.6. The van der Waals surface area contributed by atoms with Gasteiger partial charge in [-0.05, 0) is 18.2 Å². The first-order valence-electron chi connectivity index (χ1n) is 6.70. The van der Waals surface area contributed by atoms with Gasteiger partial charge in [-0.3, -0.25) is 14.9 Å². The smallest absolute Gasteiger partial charge is 0.271 e. The number of aromatic nitrogens is 2. The molecule has 0 aliphatic carbocycles. The zero-order valence-electron chi connectivity index (χ0n) is 11.7. The van der Waals surface area contributed by atoms with Crippen LogP contribution in [0.5, 0.6) is 0 Å². The van der Waals surface area contributed by atoms with E-state index in [1.807, 2.05) is 0 Å². The molecule has 0 saturated carbocycles. The van der Waals surface area contributed by atoms with Crippen LogP contribution in [0.4, 0.5) is 10.1 Å². The van der Waals surface area contributed by atoms with Crippen molar-refractivity contribution >= 4 is 22.6 Å². The Labute approximate surface area is 129 Å². The Morgan fingerprint density at radius 2 is 2.09 bits per heavy atom. The van der Waals surface area contributed by atoms with Crippen molar-refractivity contribution in [3.8, 4) is 0 Å². The average molecular weight is 314 g/mol. The van der Waals surface area contributed by atoms with Crippen molar-refractivity contribution in [3.63, 3.8) is 0 Å². The van der Waals surface area contributed by atoms with Crippen LogP contribution < -0.4 is 5.32 Å². The Bertz CT molecular complexity index is 907. The number of fused-ring (bicyclic) bond motifs is 1. The molecule has 0 spiro atoms. The lowest BCUT2D eigenvalue weighted by Crippen LogP contribution is -2.24. The molecule has 0 fully saturated rings. The fourth-order valence-corrected chi connectivity index (χ4v) is 2.15. The maximum absolute atomic E-state index is 13.5. The summed E-state index contributed by atoms with van der Waals surface area (Å²) in [6.45, 7) is 0.0512. The maximum atomic E-state index is 13.5. The number of hydrogen-bond acceptors (Lipinski definition) is 4. The van der Waals surface area contributed by atoms with Crippen LogP contribution in [0.25, 0.3) is 11.0 Å². The van der Waals surface area contributed by atoms with Crippen molar-refractivity contribution in [3.05, 3.63) is 69.8 Å². The van der Waals surface area contributed by atoms with Crippen molar-refractivity contribution in [1.29, 1.82) is 0 Å². The number of nitrogens with zero attached hydrogens (tertiary/aromatic N) is 2. The second kappa shape index (κ2) is 5.84. The van der Waals surface area contributed by atoms with Crippen LogP contribution in [0.1, 0.15) is 16.2 Å². The Kier molecular flexibility index (Phi) is 3.71. The molecule has 8 heteroatoms. The number of nitrogens with one attached hydrogen (secondary N) is 2. The minimum absolute atomic E-state index is 0.0512. The number of halogens is 1. The third kappa shape index (κ3) is 3.00. The fourth-order valence-electron chi connectivity index (χ4n) is 2.15. The number of carbonyl (C=O) groups excluding carboxylic acids is 1. The molecule has 0 atom stereocenters. The Balaban J connectivity index is 1.76. The topological polar surface area (TPSA) is 101 Å². The molecule has 1 aromatic heterocycles. The lowest BCUT2D eigenvalue weighted by molar-refractivity contribution is -0.384. The van der Waals surface area contributed by atoms with Gasteiger partial charge >= 0.3 is 0 Å². The van der Waals surface area contributed by atoms with E-state index in [4.69, 9.17) is 0 Å². The number of non-ortho nitro benzene ring substituents is 1. The van der Waals surface area contributed by atoms with E-state index >= 15 is 0 Å². The van der Waals surface area contributed by atoms with E-state index in [0.29, 0.717) is 16.9 Å². The highest BCUT2D eigenvalue weighted by Gasteiger charge is 2.12. The number of aromatic amines is 1. The van der Waals surface area contributed by atoms with Gasteiger partial charge in [-0.2, -0.15) is 0 Å². The summed E-state index contributed by atoms with van der Waals surface area (Å²) in [5.41, 5.74) is 0.933. The summed E-state index contributed by atoms with van der Waals surface area (Å²) in [5.74, 6) is -0.745. The third-order valence-electron chi connectivity index (χ3n) is 3.26. The largest absolute Gasteiger partial charge is 0.345 e. The second-order valence-electron chi connectivity index (χ2n) is 4.80. The van der Waals surface area contributed by atoms with Crippen LogP contribution in [0, 0.1) is 15.9 Å². The van der Waals surface area contributed by atoms with Gasteiger partial charge in [-0.1, -0.05) is 12.1 Å². The molecule has 0 aliphatic heterocycles. The van der Waals surface area contributed by atoms with Gasteiger partial charge in [0.2, 0.25) is 0 Å². The number of H-pyrrole nitrogens is 1. The number of carbonyl (C=O) groups is 1. The molecule has 23 heavy (non-hydrogen) atoms. The zero-order chi connectivity index (χ0) is 16.4. The molecular formula is C15H11FN4O3. The summed E-state index contributed by atoms with van der Waals surface area (Å²) in [6.07, 6.45) is 0. The Morgan fingerprint density at radius 1 is 1.30 bits per heavy atom. The van der Waals surface area contributed by atoms with Crippen molar-refractivity contribution < 1.29 is 14.1 Å². The fraction of sp³-hybridized carbons (Fsp3) is 0.0667. The maximum Gasteiger partial charge on any atom is 0.271 e. The lowest BCUT2D eigenvalue weighted by Gasteiger charge is -2.03. The highest BCUT2D eigenvalue weighted by molar-refractivity contribution is 5.94. The molecule has 0 bridgehead atoms. The van der Waals surface area contributed by atoms with Gasteiger partial charge in [0.25, 0.3) is 11.6 Å². The molecule has 7 nitrogen and oxygen atoms in total. The summed E-state index contributed by atoms with van der Waals surface area (Å²) in [5, 5.41) is 13.3. The third-order valence-corrected chi connectivity index (χ3v) is 3.26. The predicted molar refractivity (Wildman–Crippen MR) is 80.3 cm³/mol. The normalized spacial score (nSPS) is 10.7. The van der Waals surface area contributed by atoms with Crippen LogP contribution in [0.2, 0.25) is 0 Å². The SMILES string of the molecule is O=C(NCc1nc2ccc([N+](=O)[O-])cc2[nH]1)c1ccccc1F. The summed E-state index contributed by atoms with van der Waals surface area (Å²) in [6, 6.07) is 9.89. The molecule has 0 unspecified atom stereocenters. The van der Waals surface area contributed by atoms with Crippen molar-refractivity contribution in [2.45, 2.75) is 6.54 Å². The number of imidazole rings is 1. The number of rotatable bonds is 4. The monoisotopic (exact) mass is 314 g/mol. The molecule has 1 heterocycles. The summed E-state index contributed by atoms with van der Waals surface area (Å²) in [4.78, 5) is 29.3. The Morgan fingerprint density at radius 3 is 2.83 bits per heavy atom. The van der Waals surface area contributed by atoms with Crippen molar-refractivity contribution in [2.75, 3.05) is 0 Å². The van der Waals surface area contributed by atoms with E-state index in [-0.39, 0.29) is 17.8 Å². The number of nitro benzene ring substituents is 1. The van der Waals surface area contributed by atoms with Crippen LogP contribution in [-0.4, -0.2) is 20.8 Å². The van der Waals surface area contributed by atoms with Crippen molar-refractivity contribution in [1.82, 2.24) is 15.3 Å². The van der Waals surface area contributed by atoms with Crippen LogP contribution >= 0.6 is 0 Å². The number of hydrogen-bond donors (Lipinski definition) is 2. The second-order valence-corrected chi connectivity index (χ2v) is 4.80.